The van der Waals surface area contributed by atoms with Crippen molar-refractivity contribution < 1.29 is 13.9 Å². The predicted molar refractivity (Wildman–Crippen MR) is 85.8 cm³/mol. The van der Waals surface area contributed by atoms with Crippen molar-refractivity contribution in [1.29, 1.82) is 0 Å². The van der Waals surface area contributed by atoms with E-state index in [0.29, 0.717) is 28.8 Å². The average molecular weight is 360 g/mol. The van der Waals surface area contributed by atoms with Gasteiger partial charge in [-0.2, -0.15) is 0 Å². The smallest absolute Gasteiger partial charge is 0.257 e. The standard InChI is InChI=1S/C16H23BrFNO2/c1-10(2)13(11(3)4)8-19-16(20)9-21-15-6-5-12(17)7-14(15)18/h5-7,10-11,13H,8-9H2,1-4H3,(H,19,20). The Morgan fingerprint density at radius 1 is 1.29 bits per heavy atom. The van der Waals surface area contributed by atoms with Crippen LogP contribution in [0, 0.1) is 23.6 Å². The SMILES string of the molecule is CC(C)C(CNC(=O)COc1ccc(Br)cc1F)C(C)C. The van der Waals surface area contributed by atoms with Crippen LogP contribution in [0.5, 0.6) is 5.75 Å². The van der Waals surface area contributed by atoms with E-state index in [1.807, 2.05) is 0 Å². The molecule has 1 aromatic carbocycles. The normalized spacial score (nSPS) is 11.3. The Bertz CT molecular complexity index is 469. The number of hydrogen-bond donors (Lipinski definition) is 1. The highest BCUT2D eigenvalue weighted by molar-refractivity contribution is 9.10. The first kappa shape index (κ1) is 18.0. The molecule has 0 aromatic heterocycles. The number of rotatable bonds is 7. The van der Waals surface area contributed by atoms with Gasteiger partial charge in [-0.25, -0.2) is 4.39 Å². The van der Waals surface area contributed by atoms with Crippen LogP contribution in [-0.2, 0) is 4.79 Å². The first-order valence-corrected chi connectivity index (χ1v) is 7.95. The van der Waals surface area contributed by atoms with E-state index in [1.165, 1.54) is 12.1 Å². The third-order valence-corrected chi connectivity index (χ3v) is 3.99. The second kappa shape index (κ2) is 8.37. The first-order chi connectivity index (χ1) is 9.81. The molecule has 118 valence electrons. The fourth-order valence-corrected chi connectivity index (χ4v) is 2.59. The monoisotopic (exact) mass is 359 g/mol. The van der Waals surface area contributed by atoms with Crippen molar-refractivity contribution in [3.8, 4) is 5.75 Å². The molecule has 0 aliphatic rings. The molecule has 0 bridgehead atoms. The molecule has 0 spiro atoms. The van der Waals surface area contributed by atoms with Crippen molar-refractivity contribution in [3.05, 3.63) is 28.5 Å². The number of carbonyl (C=O) groups excluding carboxylic acids is 1. The van der Waals surface area contributed by atoms with Crippen molar-refractivity contribution in [2.75, 3.05) is 13.2 Å². The van der Waals surface area contributed by atoms with Crippen LogP contribution >= 0.6 is 15.9 Å². The maximum atomic E-state index is 13.5. The molecule has 1 aromatic rings. The zero-order chi connectivity index (χ0) is 16.0. The van der Waals surface area contributed by atoms with Gasteiger partial charge in [0.05, 0.1) is 0 Å². The summed E-state index contributed by atoms with van der Waals surface area (Å²) in [6.45, 7) is 9.01. The Labute approximate surface area is 134 Å². The van der Waals surface area contributed by atoms with Crippen molar-refractivity contribution in [2.24, 2.45) is 17.8 Å². The fraction of sp³-hybridized carbons (Fsp3) is 0.562. The van der Waals surface area contributed by atoms with Crippen LogP contribution in [0.3, 0.4) is 0 Å². The summed E-state index contributed by atoms with van der Waals surface area (Å²) in [7, 11) is 0. The lowest BCUT2D eigenvalue weighted by Gasteiger charge is -2.25. The number of hydrogen-bond acceptors (Lipinski definition) is 2. The van der Waals surface area contributed by atoms with Crippen molar-refractivity contribution in [1.82, 2.24) is 5.32 Å². The molecule has 0 aliphatic carbocycles. The van der Waals surface area contributed by atoms with Gasteiger partial charge < -0.3 is 10.1 Å². The summed E-state index contributed by atoms with van der Waals surface area (Å²) in [6, 6.07) is 4.47. The molecule has 3 nitrogen and oxygen atoms in total. The van der Waals surface area contributed by atoms with E-state index >= 15 is 0 Å². The number of carbonyl (C=O) groups is 1. The summed E-state index contributed by atoms with van der Waals surface area (Å²) < 4.78 is 19.4. The quantitative estimate of drug-likeness (QED) is 0.798. The van der Waals surface area contributed by atoms with Crippen LogP contribution < -0.4 is 10.1 Å². The molecule has 1 rings (SSSR count). The molecule has 1 N–H and O–H groups in total. The molecule has 0 saturated heterocycles. The highest BCUT2D eigenvalue weighted by Gasteiger charge is 2.18. The van der Waals surface area contributed by atoms with E-state index in [1.54, 1.807) is 6.07 Å². The average Bonchev–Trinajstić information content (AvgIpc) is 2.37. The largest absolute Gasteiger partial charge is 0.481 e. The van der Waals surface area contributed by atoms with Crippen LogP contribution in [0.15, 0.2) is 22.7 Å². The molecular weight excluding hydrogens is 337 g/mol. The van der Waals surface area contributed by atoms with Gasteiger partial charge in [-0.3, -0.25) is 4.79 Å². The highest BCUT2D eigenvalue weighted by atomic mass is 79.9. The Morgan fingerprint density at radius 2 is 1.90 bits per heavy atom. The van der Waals surface area contributed by atoms with E-state index in [9.17, 15) is 9.18 Å². The number of halogens is 2. The molecular formula is C16H23BrFNO2. The van der Waals surface area contributed by atoms with Gasteiger partial charge >= 0.3 is 0 Å². The minimum absolute atomic E-state index is 0.0811. The molecule has 21 heavy (non-hydrogen) atoms. The molecule has 0 heterocycles. The molecule has 5 heteroatoms. The van der Waals surface area contributed by atoms with Crippen molar-refractivity contribution in [2.45, 2.75) is 27.7 Å². The van der Waals surface area contributed by atoms with E-state index in [2.05, 4.69) is 48.9 Å². The molecule has 0 fully saturated rings. The van der Waals surface area contributed by atoms with Gasteiger partial charge in [0.2, 0.25) is 0 Å². The number of amides is 1. The van der Waals surface area contributed by atoms with Crippen LogP contribution in [0.2, 0.25) is 0 Å². The van der Waals surface area contributed by atoms with Crippen LogP contribution in [0.4, 0.5) is 4.39 Å². The zero-order valence-electron chi connectivity index (χ0n) is 13.0. The van der Waals surface area contributed by atoms with Gasteiger partial charge in [0.15, 0.2) is 18.2 Å². The summed E-state index contributed by atoms with van der Waals surface area (Å²) in [5.74, 6) is 0.768. The number of ether oxygens (including phenoxy) is 1. The van der Waals surface area contributed by atoms with Crippen molar-refractivity contribution >= 4 is 21.8 Å². The van der Waals surface area contributed by atoms with Gasteiger partial charge in [-0.15, -0.1) is 0 Å². The third kappa shape index (κ3) is 6.04. The van der Waals surface area contributed by atoms with Crippen LogP contribution in [-0.4, -0.2) is 19.1 Å². The Morgan fingerprint density at radius 3 is 2.43 bits per heavy atom. The molecule has 0 unspecified atom stereocenters. The summed E-state index contributed by atoms with van der Waals surface area (Å²) in [5, 5.41) is 2.85. The van der Waals surface area contributed by atoms with E-state index in [0.717, 1.165) is 0 Å². The van der Waals surface area contributed by atoms with Crippen molar-refractivity contribution in [3.63, 3.8) is 0 Å². The van der Waals surface area contributed by atoms with Crippen LogP contribution in [0.1, 0.15) is 27.7 Å². The molecule has 1 amide bonds. The summed E-state index contributed by atoms with van der Waals surface area (Å²) >= 11 is 3.17. The lowest BCUT2D eigenvalue weighted by Crippen LogP contribution is -2.36. The van der Waals surface area contributed by atoms with E-state index < -0.39 is 5.82 Å². The van der Waals surface area contributed by atoms with Gasteiger partial charge in [0.1, 0.15) is 0 Å². The summed E-state index contributed by atoms with van der Waals surface area (Å²) in [4.78, 5) is 11.8. The number of nitrogens with one attached hydrogen (secondary N) is 1. The summed E-state index contributed by atoms with van der Waals surface area (Å²) in [6.07, 6.45) is 0. The lowest BCUT2D eigenvalue weighted by atomic mass is 9.85. The Balaban J connectivity index is 2.44. The van der Waals surface area contributed by atoms with E-state index in [4.69, 9.17) is 4.74 Å². The minimum atomic E-state index is -0.487. The first-order valence-electron chi connectivity index (χ1n) is 7.15. The topological polar surface area (TPSA) is 38.3 Å². The second-order valence-corrected chi connectivity index (χ2v) is 6.74. The van der Waals surface area contributed by atoms with Gasteiger partial charge in [0.25, 0.3) is 5.91 Å². The Hall–Kier alpha value is -1.10. The highest BCUT2D eigenvalue weighted by Crippen LogP contribution is 2.21. The maximum Gasteiger partial charge on any atom is 0.257 e. The molecule has 0 atom stereocenters. The van der Waals surface area contributed by atoms with Gasteiger partial charge in [-0.05, 0) is 36.0 Å². The maximum absolute atomic E-state index is 13.5. The second-order valence-electron chi connectivity index (χ2n) is 5.82. The van der Waals surface area contributed by atoms with Gasteiger partial charge in [0, 0.05) is 11.0 Å². The number of benzene rings is 1. The van der Waals surface area contributed by atoms with Crippen LogP contribution in [0.25, 0.3) is 0 Å². The molecule has 0 saturated carbocycles. The lowest BCUT2D eigenvalue weighted by molar-refractivity contribution is -0.123. The zero-order valence-corrected chi connectivity index (χ0v) is 14.5. The molecule has 0 radical (unpaired) electrons. The molecule has 0 aliphatic heterocycles. The fourth-order valence-electron chi connectivity index (χ4n) is 2.26. The van der Waals surface area contributed by atoms with Gasteiger partial charge in [-0.1, -0.05) is 43.6 Å². The minimum Gasteiger partial charge on any atom is -0.481 e. The Kier molecular flexibility index (Phi) is 7.15. The van der Waals surface area contributed by atoms with E-state index in [-0.39, 0.29) is 18.3 Å². The predicted octanol–water partition coefficient (Wildman–Crippen LogP) is 4.01. The third-order valence-electron chi connectivity index (χ3n) is 3.50. The summed E-state index contributed by atoms with van der Waals surface area (Å²) in [5.41, 5.74) is 0.